The number of aliphatic carboxylic acids is 2. The molecule has 3 N–H and O–H groups in total. The van der Waals surface area contributed by atoms with E-state index in [1.54, 1.807) is 165 Å². The quantitative estimate of drug-likeness (QED) is 0.0249. The minimum Gasteiger partial charge on any atom is -0.497 e. The first-order valence-electron chi connectivity index (χ1n) is 40.1. The summed E-state index contributed by atoms with van der Waals surface area (Å²) in [6.45, 7) is 19.9. The second-order valence-electron chi connectivity index (χ2n) is 32.4. The molecule has 660 valence electrons. The van der Waals surface area contributed by atoms with Crippen molar-refractivity contribution in [1.82, 2.24) is 57.7 Å². The number of halogens is 5. The molecule has 4 aromatic heterocycles. The summed E-state index contributed by atoms with van der Waals surface area (Å²) in [5, 5.41) is 36.5. The summed E-state index contributed by atoms with van der Waals surface area (Å²) < 4.78 is 166. The van der Waals surface area contributed by atoms with Crippen molar-refractivity contribution in [2.75, 3.05) is 108 Å². The topological polar surface area (TPSA) is 290 Å². The van der Waals surface area contributed by atoms with Gasteiger partial charge in [0.15, 0.2) is 11.6 Å². The van der Waals surface area contributed by atoms with Crippen LogP contribution in [0.15, 0.2) is 168 Å². The molecule has 6 heterocycles. The van der Waals surface area contributed by atoms with E-state index in [4.69, 9.17) is 28.8 Å². The molecular formula is C90H109F5N12O14S2. The molecule has 12 rings (SSSR count). The van der Waals surface area contributed by atoms with Crippen LogP contribution in [0, 0.1) is 29.2 Å². The Balaban J connectivity index is 0.000000218. The smallest absolute Gasteiger partial charge is 0.307 e. The van der Waals surface area contributed by atoms with Gasteiger partial charge in [-0.3, -0.25) is 28.8 Å². The van der Waals surface area contributed by atoms with Gasteiger partial charge in [0.25, 0.3) is 20.0 Å². The third-order valence-corrected chi connectivity index (χ3v) is 24.9. The van der Waals surface area contributed by atoms with Crippen molar-refractivity contribution in [3.8, 4) is 51.1 Å². The predicted octanol–water partition coefficient (Wildman–Crippen LogP) is 13.6. The Kier molecular flexibility index (Phi) is 32.0. The first kappa shape index (κ1) is 94.5. The molecule has 0 unspecified atom stereocenters. The highest BCUT2D eigenvalue weighted by Crippen LogP contribution is 2.38. The van der Waals surface area contributed by atoms with Gasteiger partial charge in [-0.15, -0.1) is 0 Å². The van der Waals surface area contributed by atoms with E-state index in [9.17, 15) is 49.8 Å². The number of hydrogen-bond acceptors (Lipinski definition) is 20. The fraction of sp³-hybridized carbons (Fsp3) is 0.400. The van der Waals surface area contributed by atoms with Crippen LogP contribution in [-0.2, 0) is 92.8 Å². The molecule has 2 fully saturated rings. The van der Waals surface area contributed by atoms with Crippen molar-refractivity contribution in [2.24, 2.45) is 0 Å². The number of pyridine rings is 2. The van der Waals surface area contributed by atoms with Gasteiger partial charge in [0, 0.05) is 116 Å². The maximum Gasteiger partial charge on any atom is 0.307 e. The summed E-state index contributed by atoms with van der Waals surface area (Å²) >= 11 is 0. The molecule has 2 aliphatic rings. The zero-order valence-electron chi connectivity index (χ0n) is 71.8. The molecule has 0 aliphatic carbocycles. The molecule has 0 amide bonds. The van der Waals surface area contributed by atoms with Crippen LogP contribution in [0.25, 0.3) is 22.3 Å². The summed E-state index contributed by atoms with van der Waals surface area (Å²) in [4.78, 5) is 39.3. The van der Waals surface area contributed by atoms with Gasteiger partial charge in [-0.1, -0.05) is 76.2 Å². The predicted molar refractivity (Wildman–Crippen MR) is 456 cm³/mol. The monoisotopic (exact) mass is 1740 g/mol. The summed E-state index contributed by atoms with van der Waals surface area (Å²) in [5.74, 6) is -3.10. The van der Waals surface area contributed by atoms with Gasteiger partial charge in [0.1, 0.15) is 41.2 Å². The number of aliphatic hydroxyl groups excluding tert-OH is 1. The highest BCUT2D eigenvalue weighted by atomic mass is 32.2. The average molecular weight is 1740 g/mol. The van der Waals surface area contributed by atoms with Gasteiger partial charge < -0.3 is 48.8 Å². The average Bonchev–Trinajstić information content (AvgIpc) is 1.60. The number of piperazine rings is 2. The number of sulfonamides is 2. The second-order valence-corrected chi connectivity index (χ2v) is 36.1. The Morgan fingerprint density at radius 2 is 0.805 bits per heavy atom. The molecule has 0 saturated carbocycles. The van der Waals surface area contributed by atoms with Crippen LogP contribution in [0.3, 0.4) is 0 Å². The molecule has 2 saturated heterocycles. The molecule has 0 atom stereocenters. The minimum absolute atomic E-state index is 0.0121. The Hall–Kier alpha value is -10.8. The van der Waals surface area contributed by atoms with Crippen molar-refractivity contribution in [3.63, 3.8) is 0 Å². The van der Waals surface area contributed by atoms with Crippen LogP contribution in [0.1, 0.15) is 123 Å². The van der Waals surface area contributed by atoms with Gasteiger partial charge in [-0.25, -0.2) is 44.4 Å². The van der Waals surface area contributed by atoms with Gasteiger partial charge in [-0.2, -0.15) is 23.2 Å². The molecular weight excluding hydrogens is 1630 g/mol. The van der Waals surface area contributed by atoms with E-state index in [-0.39, 0.29) is 94.4 Å². The third kappa shape index (κ3) is 24.2. The van der Waals surface area contributed by atoms with E-state index >= 15 is 8.78 Å². The number of carbonyl (C=O) groups is 2. The van der Waals surface area contributed by atoms with E-state index in [1.165, 1.54) is 66.8 Å². The van der Waals surface area contributed by atoms with Gasteiger partial charge in [0.2, 0.25) is 21.9 Å². The van der Waals surface area contributed by atoms with Crippen molar-refractivity contribution >= 4 is 32.0 Å². The molecule has 33 heteroatoms. The van der Waals surface area contributed by atoms with Crippen LogP contribution in [0.5, 0.6) is 28.9 Å². The zero-order valence-corrected chi connectivity index (χ0v) is 73.4. The number of hydrogen-bond donors (Lipinski definition) is 3. The normalized spacial score (nSPS) is 14.0. The van der Waals surface area contributed by atoms with E-state index in [0.717, 1.165) is 26.2 Å². The maximum atomic E-state index is 17.2. The van der Waals surface area contributed by atoms with Crippen LogP contribution in [-0.4, -0.2) is 210 Å². The summed E-state index contributed by atoms with van der Waals surface area (Å²) in [6.07, 6.45) is 2.21. The Morgan fingerprint density at radius 1 is 0.472 bits per heavy atom. The number of aromatic nitrogens is 6. The number of aliphatic hydroxyl groups is 1. The van der Waals surface area contributed by atoms with Crippen molar-refractivity contribution in [2.45, 2.75) is 140 Å². The van der Waals surface area contributed by atoms with Gasteiger partial charge in [0.05, 0.1) is 70.4 Å². The van der Waals surface area contributed by atoms with Crippen molar-refractivity contribution in [3.05, 3.63) is 243 Å². The second kappa shape index (κ2) is 41.6. The third-order valence-electron chi connectivity index (χ3n) is 21.5. The minimum atomic E-state index is -4.59. The molecule has 0 radical (unpaired) electrons. The summed E-state index contributed by atoms with van der Waals surface area (Å²) in [6, 6.07) is 39.3. The number of likely N-dealkylation sites (N-methyl/N-ethyl adjacent to an activating group) is 2. The number of rotatable bonds is 34. The SMILES string of the molecule is CC(C)c1cc(F)cc(-c2ccnc(F)c2)c1CC(=O)O.COc1ccc(CN(Cc2ccc(OC)cc2)S(=O)(=O)c2nn(C(C)(C)CO)c(CN3CCN(C)CC3)c2F)cc1.COc1ccc(CN(Cc2ccc(OC)cc2)S(=O)(=O)c2nn(C(C)(C)COc3cc(-c4cc(F)cc(C(C)C)c4CC(=O)O)ccn3)c(CN3CCN(C)CC3)c2F)cc1. The van der Waals surface area contributed by atoms with Crippen LogP contribution >= 0.6 is 0 Å². The Bertz CT molecular complexity index is 5400. The number of methoxy groups -OCH3 is 4. The first-order valence-corrected chi connectivity index (χ1v) is 43.0. The fourth-order valence-corrected chi connectivity index (χ4v) is 17.3. The van der Waals surface area contributed by atoms with E-state index in [1.807, 2.05) is 41.8 Å². The summed E-state index contributed by atoms with van der Waals surface area (Å²) in [5.41, 5.74) is 4.72. The zero-order chi connectivity index (χ0) is 89.4. The number of ether oxygens (including phenoxy) is 5. The van der Waals surface area contributed by atoms with Crippen LogP contribution in [0.2, 0.25) is 0 Å². The Labute approximate surface area is 716 Å². The van der Waals surface area contributed by atoms with Crippen molar-refractivity contribution in [1.29, 1.82) is 0 Å². The van der Waals surface area contributed by atoms with Gasteiger partial charge >= 0.3 is 11.9 Å². The lowest BCUT2D eigenvalue weighted by molar-refractivity contribution is -0.137. The Morgan fingerprint density at radius 3 is 1.12 bits per heavy atom. The molecule has 0 bridgehead atoms. The highest BCUT2D eigenvalue weighted by Gasteiger charge is 2.41. The van der Waals surface area contributed by atoms with E-state index < -0.39 is 82.3 Å². The molecule has 26 nitrogen and oxygen atoms in total. The van der Waals surface area contributed by atoms with E-state index in [2.05, 4.69) is 39.8 Å². The molecule has 10 aromatic rings. The lowest BCUT2D eigenvalue weighted by Gasteiger charge is -2.33. The fourth-order valence-electron chi connectivity index (χ4n) is 14.5. The largest absolute Gasteiger partial charge is 0.497 e. The van der Waals surface area contributed by atoms with Crippen LogP contribution < -0.4 is 23.7 Å². The molecule has 123 heavy (non-hydrogen) atoms. The maximum absolute atomic E-state index is 17.2. The number of benzene rings is 6. The van der Waals surface area contributed by atoms with E-state index in [0.29, 0.717) is 116 Å². The highest BCUT2D eigenvalue weighted by molar-refractivity contribution is 7.89. The number of carboxylic acid groups (broad SMARTS) is 2. The number of carboxylic acids is 2. The molecule has 6 aromatic carbocycles. The lowest BCUT2D eigenvalue weighted by atomic mass is 9.88. The van der Waals surface area contributed by atoms with Crippen molar-refractivity contribution < 1.29 is 87.4 Å². The molecule has 2 aliphatic heterocycles. The number of nitrogens with zero attached hydrogens (tertiary/aromatic N) is 12. The standard InChI is InChI=1S/C45H54F2N6O7S.C29H40FN5O5S.C16H15F2NO2/c1-30(2)37-23-34(46)24-38(39(37)25-42(54)55)33-16-17-48-41(22-33)60-29-45(3,4)53-40(28-51-20-18-50(5)19-21-51)43(47)44(49-53)61(56,57)52(26-31-8-12-35(58-6)13-9-31)27-32-10-14-36(59-7)15-11-32;1-29(2,21-36)35-26(20-33-16-14-32(3)15-17-33)27(30)28(31-35)41(37,38)34(18-22-6-10-24(39-4)11-7-22)19-23-8-12-25(40-5)13-9-23;1-9(2)12-6-11(17)7-13(14(12)8-16(20)21)10-3-4-19-15(18)5-10/h8-17,22-24,30H,18-21,25-29H2,1-7H3,(H,54,55);6-13,36H,14-21H2,1-5H3;3-7,9H,8H2,1-2H3,(H,20,21). The van der Waals surface area contributed by atoms with Gasteiger partial charge in [-0.05, 0) is 205 Å². The lowest BCUT2D eigenvalue weighted by Crippen LogP contribution is -2.45. The first-order chi connectivity index (χ1) is 58.3. The van der Waals surface area contributed by atoms with Crippen LogP contribution in [0.4, 0.5) is 22.0 Å². The summed E-state index contributed by atoms with van der Waals surface area (Å²) in [7, 11) is 1.24. The molecule has 0 spiro atoms.